The van der Waals surface area contributed by atoms with Gasteiger partial charge in [-0.25, -0.2) is 4.98 Å². The Bertz CT molecular complexity index is 1190. The lowest BCUT2D eigenvalue weighted by Gasteiger charge is -2.14. The lowest BCUT2D eigenvalue weighted by atomic mass is 10.1. The highest BCUT2D eigenvalue weighted by molar-refractivity contribution is 6.42. The van der Waals surface area contributed by atoms with Gasteiger partial charge in [0, 0.05) is 23.9 Å². The molecule has 3 aromatic heterocycles. The Hall–Kier alpha value is -2.94. The SMILES string of the molecule is Cc1ncc2ccc(-c3nc(N)nc(NC[C@H](O)c4cccc(Cl)c4Cl)n3)cn12. The van der Waals surface area contributed by atoms with Gasteiger partial charge >= 0.3 is 0 Å². The molecule has 1 aromatic carbocycles. The zero-order valence-electron chi connectivity index (χ0n) is 15.3. The summed E-state index contributed by atoms with van der Waals surface area (Å²) < 4.78 is 1.94. The molecule has 0 aliphatic rings. The van der Waals surface area contributed by atoms with Gasteiger partial charge in [0.25, 0.3) is 0 Å². The van der Waals surface area contributed by atoms with E-state index in [9.17, 15) is 5.11 Å². The average molecular weight is 430 g/mol. The van der Waals surface area contributed by atoms with Crippen molar-refractivity contribution in [2.75, 3.05) is 17.6 Å². The maximum atomic E-state index is 10.4. The molecule has 0 saturated carbocycles. The van der Waals surface area contributed by atoms with Crippen LogP contribution in [0.3, 0.4) is 0 Å². The minimum Gasteiger partial charge on any atom is -0.387 e. The number of nitrogens with one attached hydrogen (secondary N) is 1. The summed E-state index contributed by atoms with van der Waals surface area (Å²) >= 11 is 12.2. The second-order valence-electron chi connectivity index (χ2n) is 6.40. The topological polar surface area (TPSA) is 114 Å². The summed E-state index contributed by atoms with van der Waals surface area (Å²) in [5.74, 6) is 1.57. The van der Waals surface area contributed by atoms with Crippen molar-refractivity contribution in [1.82, 2.24) is 24.3 Å². The lowest BCUT2D eigenvalue weighted by Crippen LogP contribution is -2.15. The van der Waals surface area contributed by atoms with Crippen molar-refractivity contribution in [3.05, 3.63) is 64.2 Å². The predicted molar refractivity (Wildman–Crippen MR) is 113 cm³/mol. The van der Waals surface area contributed by atoms with E-state index in [-0.39, 0.29) is 18.4 Å². The van der Waals surface area contributed by atoms with Crippen molar-refractivity contribution < 1.29 is 5.11 Å². The molecule has 0 aliphatic heterocycles. The number of aryl methyl sites for hydroxylation is 1. The predicted octanol–water partition coefficient (Wildman–Crippen LogP) is 3.53. The molecule has 8 nitrogen and oxygen atoms in total. The lowest BCUT2D eigenvalue weighted by molar-refractivity contribution is 0.191. The van der Waals surface area contributed by atoms with Crippen molar-refractivity contribution >= 4 is 40.6 Å². The first-order valence-electron chi connectivity index (χ1n) is 8.74. The number of hydrogen-bond acceptors (Lipinski definition) is 7. The normalized spacial score (nSPS) is 12.3. The van der Waals surface area contributed by atoms with Gasteiger partial charge in [0.05, 0.1) is 27.9 Å². The molecule has 4 rings (SSSR count). The molecule has 0 aliphatic carbocycles. The van der Waals surface area contributed by atoms with Gasteiger partial charge in [0.2, 0.25) is 11.9 Å². The van der Waals surface area contributed by atoms with E-state index in [1.54, 1.807) is 24.4 Å². The van der Waals surface area contributed by atoms with Gasteiger partial charge in [-0.2, -0.15) is 15.0 Å². The van der Waals surface area contributed by atoms with E-state index >= 15 is 0 Å². The van der Waals surface area contributed by atoms with Gasteiger partial charge in [-0.15, -0.1) is 0 Å². The van der Waals surface area contributed by atoms with Crippen LogP contribution in [0.15, 0.2) is 42.7 Å². The Kier molecular flexibility index (Phi) is 5.23. The molecule has 0 fully saturated rings. The smallest absolute Gasteiger partial charge is 0.228 e. The number of rotatable bonds is 5. The monoisotopic (exact) mass is 429 g/mol. The molecule has 4 N–H and O–H groups in total. The number of aromatic nitrogens is 5. The van der Waals surface area contributed by atoms with E-state index < -0.39 is 6.10 Å². The Morgan fingerprint density at radius 1 is 1.17 bits per heavy atom. The summed E-state index contributed by atoms with van der Waals surface area (Å²) in [6, 6.07) is 8.89. The fraction of sp³-hybridized carbons (Fsp3) is 0.158. The summed E-state index contributed by atoms with van der Waals surface area (Å²) in [7, 11) is 0. The second kappa shape index (κ2) is 7.82. The molecule has 0 spiro atoms. The molecular weight excluding hydrogens is 413 g/mol. The van der Waals surface area contributed by atoms with Gasteiger partial charge in [0.1, 0.15) is 5.82 Å². The van der Waals surface area contributed by atoms with Crippen molar-refractivity contribution in [1.29, 1.82) is 0 Å². The second-order valence-corrected chi connectivity index (χ2v) is 7.18. The highest BCUT2D eigenvalue weighted by Crippen LogP contribution is 2.30. The van der Waals surface area contributed by atoms with Crippen LogP contribution in [-0.2, 0) is 0 Å². The summed E-state index contributed by atoms with van der Waals surface area (Å²) in [4.78, 5) is 17.0. The third kappa shape index (κ3) is 3.95. The number of hydrogen-bond donors (Lipinski definition) is 3. The van der Waals surface area contributed by atoms with Crippen molar-refractivity contribution in [2.45, 2.75) is 13.0 Å². The first-order chi connectivity index (χ1) is 13.9. The molecule has 0 unspecified atom stereocenters. The Morgan fingerprint density at radius 2 is 2.00 bits per heavy atom. The molecule has 148 valence electrons. The van der Waals surface area contributed by atoms with Crippen molar-refractivity contribution in [2.24, 2.45) is 0 Å². The van der Waals surface area contributed by atoms with Gasteiger partial charge < -0.3 is 20.6 Å². The third-order valence-corrected chi connectivity index (χ3v) is 5.25. The van der Waals surface area contributed by atoms with Crippen molar-refractivity contribution in [3.8, 4) is 11.4 Å². The summed E-state index contributed by atoms with van der Waals surface area (Å²) in [5, 5.41) is 14.1. The number of imidazole rings is 1. The number of aliphatic hydroxyl groups excluding tert-OH is 1. The largest absolute Gasteiger partial charge is 0.387 e. The van der Waals surface area contributed by atoms with Crippen LogP contribution in [-0.4, -0.2) is 36.0 Å². The van der Waals surface area contributed by atoms with Crippen LogP contribution in [0.1, 0.15) is 17.5 Å². The number of halogens is 2. The molecule has 10 heteroatoms. The summed E-state index contributed by atoms with van der Waals surface area (Å²) in [6.45, 7) is 2.02. The number of benzene rings is 1. The van der Waals surface area contributed by atoms with Crippen LogP contribution in [0.5, 0.6) is 0 Å². The molecule has 0 radical (unpaired) electrons. The first kappa shape index (κ1) is 19.4. The number of nitrogen functional groups attached to an aromatic ring is 1. The number of fused-ring (bicyclic) bond motifs is 1. The van der Waals surface area contributed by atoms with Gasteiger partial charge in [-0.3, -0.25) is 0 Å². The molecule has 29 heavy (non-hydrogen) atoms. The maximum absolute atomic E-state index is 10.4. The van der Waals surface area contributed by atoms with Gasteiger partial charge in [0.15, 0.2) is 5.82 Å². The van der Waals surface area contributed by atoms with Gasteiger partial charge in [-0.1, -0.05) is 35.3 Å². The molecule has 4 aromatic rings. The maximum Gasteiger partial charge on any atom is 0.228 e. The van der Waals surface area contributed by atoms with Crippen LogP contribution < -0.4 is 11.1 Å². The minimum absolute atomic E-state index is 0.0650. The Balaban J connectivity index is 1.58. The van der Waals surface area contributed by atoms with E-state index in [0.717, 1.165) is 16.9 Å². The number of nitrogens with zero attached hydrogens (tertiary/aromatic N) is 5. The van der Waals surface area contributed by atoms with Crippen LogP contribution >= 0.6 is 23.2 Å². The highest BCUT2D eigenvalue weighted by atomic mass is 35.5. The molecule has 0 bridgehead atoms. The molecule has 0 amide bonds. The summed E-state index contributed by atoms with van der Waals surface area (Å²) in [5.41, 5.74) is 8.09. The average Bonchev–Trinajstić information content (AvgIpc) is 3.08. The van der Waals surface area contributed by atoms with E-state index in [1.807, 2.05) is 29.7 Å². The van der Waals surface area contributed by atoms with Crippen LogP contribution in [0.4, 0.5) is 11.9 Å². The molecule has 3 heterocycles. The molecule has 1 atom stereocenters. The van der Waals surface area contributed by atoms with Crippen LogP contribution in [0.2, 0.25) is 10.0 Å². The Morgan fingerprint density at radius 3 is 2.83 bits per heavy atom. The third-order valence-electron chi connectivity index (χ3n) is 4.42. The number of aliphatic hydroxyl groups is 1. The van der Waals surface area contributed by atoms with E-state index in [2.05, 4.69) is 25.3 Å². The van der Waals surface area contributed by atoms with Gasteiger partial charge in [-0.05, 0) is 25.1 Å². The first-order valence-corrected chi connectivity index (χ1v) is 9.49. The minimum atomic E-state index is -0.910. The van der Waals surface area contributed by atoms with E-state index in [0.29, 0.717) is 21.4 Å². The molecule has 0 saturated heterocycles. The highest BCUT2D eigenvalue weighted by Gasteiger charge is 2.15. The van der Waals surface area contributed by atoms with Crippen LogP contribution in [0.25, 0.3) is 16.9 Å². The van der Waals surface area contributed by atoms with Crippen molar-refractivity contribution in [3.63, 3.8) is 0 Å². The number of anilines is 2. The standard InChI is InChI=1S/C19H17Cl2N7O/c1-10-23-7-12-6-5-11(9-28(10)12)17-25-18(22)27-19(26-17)24-8-15(29)13-3-2-4-14(20)16(13)21/h2-7,9,15,29H,8H2,1H3,(H3,22,24,25,26,27)/t15-/m0/s1. The Labute approximate surface area is 176 Å². The molecular formula is C19H17Cl2N7O. The fourth-order valence-electron chi connectivity index (χ4n) is 2.93. The van der Waals surface area contributed by atoms with E-state index in [4.69, 9.17) is 28.9 Å². The zero-order chi connectivity index (χ0) is 20.5. The zero-order valence-corrected chi connectivity index (χ0v) is 16.9. The van der Waals surface area contributed by atoms with E-state index in [1.165, 1.54) is 0 Å². The number of pyridine rings is 1. The quantitative estimate of drug-likeness (QED) is 0.444. The summed E-state index contributed by atoms with van der Waals surface area (Å²) in [6.07, 6.45) is 2.76. The van der Waals surface area contributed by atoms with Crippen LogP contribution in [0, 0.1) is 6.92 Å². The number of nitrogens with two attached hydrogens (primary N) is 1. The fourth-order valence-corrected chi connectivity index (χ4v) is 3.36.